The first-order valence-electron chi connectivity index (χ1n) is 6.13. The van der Waals surface area contributed by atoms with E-state index in [1.165, 1.54) is 25.5 Å². The molecule has 0 unspecified atom stereocenters. The number of nitrogens with zero attached hydrogens (tertiary/aromatic N) is 1. The van der Waals surface area contributed by atoms with Gasteiger partial charge in [0.2, 0.25) is 11.8 Å². The number of phenolic OH excluding ortho intramolecular Hbond substituents is 1. The van der Waals surface area contributed by atoms with Crippen molar-refractivity contribution in [1.82, 2.24) is 10.7 Å². The Morgan fingerprint density at radius 2 is 2.19 bits per heavy atom. The zero-order valence-electron chi connectivity index (χ0n) is 11.6. The quantitative estimate of drug-likeness (QED) is 0.295. The average molecular weight is 291 g/mol. The lowest BCUT2D eigenvalue weighted by Crippen LogP contribution is -2.29. The van der Waals surface area contributed by atoms with E-state index in [1.54, 1.807) is 12.1 Å². The molecule has 0 heterocycles. The van der Waals surface area contributed by atoms with Crippen LogP contribution in [-0.4, -0.2) is 36.8 Å². The fourth-order valence-corrected chi connectivity index (χ4v) is 1.39. The maximum absolute atomic E-state index is 11.4. The van der Waals surface area contributed by atoms with Crippen molar-refractivity contribution in [3.63, 3.8) is 0 Å². The van der Waals surface area contributed by atoms with Gasteiger partial charge in [0.05, 0.1) is 13.3 Å². The van der Waals surface area contributed by atoms with Gasteiger partial charge in [-0.1, -0.05) is 6.08 Å². The number of carbonyl (C=O) groups excluding carboxylic acids is 2. The summed E-state index contributed by atoms with van der Waals surface area (Å²) in [5.74, 6) is -0.626. The first-order valence-corrected chi connectivity index (χ1v) is 6.13. The third kappa shape index (κ3) is 5.77. The number of nitrogens with one attached hydrogen (secondary N) is 2. The monoisotopic (exact) mass is 291 g/mol. The summed E-state index contributed by atoms with van der Waals surface area (Å²) in [5.41, 5.74) is 2.86. The van der Waals surface area contributed by atoms with Crippen LogP contribution in [0.4, 0.5) is 0 Å². The molecule has 1 aromatic carbocycles. The molecule has 0 radical (unpaired) electrons. The Bertz CT molecular complexity index is 555. The van der Waals surface area contributed by atoms with Crippen molar-refractivity contribution in [2.75, 3.05) is 13.7 Å². The number of methoxy groups -OCH3 is 1. The van der Waals surface area contributed by atoms with Gasteiger partial charge in [-0.25, -0.2) is 5.43 Å². The van der Waals surface area contributed by atoms with Gasteiger partial charge in [-0.05, 0) is 23.8 Å². The summed E-state index contributed by atoms with van der Waals surface area (Å²) in [6, 6.07) is 4.61. The van der Waals surface area contributed by atoms with Crippen molar-refractivity contribution in [1.29, 1.82) is 0 Å². The van der Waals surface area contributed by atoms with Crippen LogP contribution in [0.5, 0.6) is 11.5 Å². The van der Waals surface area contributed by atoms with E-state index in [2.05, 4.69) is 22.4 Å². The van der Waals surface area contributed by atoms with Crippen molar-refractivity contribution >= 4 is 18.0 Å². The minimum absolute atomic E-state index is 0.0116. The summed E-state index contributed by atoms with van der Waals surface area (Å²) in [7, 11) is 1.43. The Kier molecular flexibility index (Phi) is 6.46. The molecule has 0 saturated carbocycles. The molecular formula is C14H17N3O4. The third-order valence-corrected chi connectivity index (χ3v) is 2.37. The first-order chi connectivity index (χ1) is 10.1. The molecule has 1 aromatic rings. The molecule has 0 aliphatic heterocycles. The van der Waals surface area contributed by atoms with Gasteiger partial charge in [0.15, 0.2) is 11.5 Å². The van der Waals surface area contributed by atoms with E-state index in [9.17, 15) is 14.7 Å². The molecule has 0 spiro atoms. The number of aromatic hydroxyl groups is 1. The van der Waals surface area contributed by atoms with E-state index in [1.807, 2.05) is 0 Å². The fraction of sp³-hybridized carbons (Fsp3) is 0.214. The molecular weight excluding hydrogens is 274 g/mol. The normalized spacial score (nSPS) is 10.1. The van der Waals surface area contributed by atoms with Gasteiger partial charge in [-0.15, -0.1) is 6.58 Å². The molecule has 112 valence electrons. The van der Waals surface area contributed by atoms with Crippen LogP contribution >= 0.6 is 0 Å². The first kappa shape index (κ1) is 16.2. The van der Waals surface area contributed by atoms with E-state index in [0.717, 1.165) is 0 Å². The van der Waals surface area contributed by atoms with Gasteiger partial charge >= 0.3 is 0 Å². The molecule has 0 fully saturated rings. The topological polar surface area (TPSA) is 100 Å². The predicted octanol–water partition coefficient (Wildman–Crippen LogP) is 0.543. The number of hydrazone groups is 1. The van der Waals surface area contributed by atoms with E-state index in [0.29, 0.717) is 17.9 Å². The summed E-state index contributed by atoms with van der Waals surface area (Å²) < 4.78 is 4.94. The van der Waals surface area contributed by atoms with Gasteiger partial charge in [0.1, 0.15) is 6.42 Å². The second kappa shape index (κ2) is 8.36. The van der Waals surface area contributed by atoms with E-state index >= 15 is 0 Å². The number of hydrogen-bond donors (Lipinski definition) is 3. The van der Waals surface area contributed by atoms with Crippen LogP contribution in [0.25, 0.3) is 0 Å². The Balaban J connectivity index is 2.48. The molecule has 3 N–H and O–H groups in total. The Hall–Kier alpha value is -2.83. The highest BCUT2D eigenvalue weighted by atomic mass is 16.5. The van der Waals surface area contributed by atoms with Crippen LogP contribution < -0.4 is 15.5 Å². The lowest BCUT2D eigenvalue weighted by molar-refractivity contribution is -0.129. The molecule has 0 aromatic heterocycles. The molecule has 7 nitrogen and oxygen atoms in total. The predicted molar refractivity (Wildman–Crippen MR) is 78.2 cm³/mol. The van der Waals surface area contributed by atoms with Gasteiger partial charge in [-0.2, -0.15) is 5.10 Å². The Morgan fingerprint density at radius 3 is 2.86 bits per heavy atom. The molecule has 7 heteroatoms. The number of hydrogen-bond acceptors (Lipinski definition) is 5. The lowest BCUT2D eigenvalue weighted by atomic mass is 10.2. The van der Waals surface area contributed by atoms with Crippen LogP contribution in [0.2, 0.25) is 0 Å². The second-order valence-corrected chi connectivity index (χ2v) is 3.99. The summed E-state index contributed by atoms with van der Waals surface area (Å²) >= 11 is 0. The summed E-state index contributed by atoms with van der Waals surface area (Å²) in [5, 5.41) is 15.6. The smallest absolute Gasteiger partial charge is 0.249 e. The number of rotatable bonds is 7. The number of ether oxygens (including phenoxy) is 1. The summed E-state index contributed by atoms with van der Waals surface area (Å²) in [6.07, 6.45) is 2.58. The highest BCUT2D eigenvalue weighted by molar-refractivity contribution is 5.97. The molecule has 0 bridgehead atoms. The average Bonchev–Trinajstić information content (AvgIpc) is 2.46. The highest BCUT2D eigenvalue weighted by Crippen LogP contribution is 2.25. The minimum Gasteiger partial charge on any atom is -0.504 e. The van der Waals surface area contributed by atoms with Crippen LogP contribution in [0.3, 0.4) is 0 Å². The van der Waals surface area contributed by atoms with Gasteiger partial charge in [-0.3, -0.25) is 9.59 Å². The van der Waals surface area contributed by atoms with E-state index < -0.39 is 11.8 Å². The van der Waals surface area contributed by atoms with Crippen LogP contribution in [0.15, 0.2) is 36.0 Å². The van der Waals surface area contributed by atoms with Gasteiger partial charge in [0, 0.05) is 6.54 Å². The largest absolute Gasteiger partial charge is 0.504 e. The number of phenols is 1. The van der Waals surface area contributed by atoms with Crippen molar-refractivity contribution in [2.24, 2.45) is 5.10 Å². The minimum atomic E-state index is -0.529. The van der Waals surface area contributed by atoms with Crippen molar-refractivity contribution in [3.05, 3.63) is 36.4 Å². The molecule has 1 rings (SSSR count). The zero-order chi connectivity index (χ0) is 15.7. The maximum atomic E-state index is 11.4. The third-order valence-electron chi connectivity index (χ3n) is 2.37. The van der Waals surface area contributed by atoms with Gasteiger partial charge < -0.3 is 15.2 Å². The number of carbonyl (C=O) groups is 2. The SMILES string of the molecule is C=CCNC(=O)CC(=O)N/N=C/c1ccc(O)c(OC)c1. The molecule has 2 amide bonds. The van der Waals surface area contributed by atoms with Crippen LogP contribution in [-0.2, 0) is 9.59 Å². The Morgan fingerprint density at radius 1 is 1.43 bits per heavy atom. The van der Waals surface area contributed by atoms with Crippen molar-refractivity contribution < 1.29 is 19.4 Å². The molecule has 0 atom stereocenters. The molecule has 21 heavy (non-hydrogen) atoms. The van der Waals surface area contributed by atoms with E-state index in [4.69, 9.17) is 4.74 Å². The lowest BCUT2D eigenvalue weighted by Gasteiger charge is -2.03. The molecule has 0 aliphatic carbocycles. The van der Waals surface area contributed by atoms with Crippen LogP contribution in [0, 0.1) is 0 Å². The van der Waals surface area contributed by atoms with Crippen molar-refractivity contribution in [2.45, 2.75) is 6.42 Å². The Labute approximate surface area is 122 Å². The summed E-state index contributed by atoms with van der Waals surface area (Å²) in [4.78, 5) is 22.7. The van der Waals surface area contributed by atoms with Crippen molar-refractivity contribution in [3.8, 4) is 11.5 Å². The van der Waals surface area contributed by atoms with E-state index in [-0.39, 0.29) is 12.2 Å². The fourth-order valence-electron chi connectivity index (χ4n) is 1.39. The van der Waals surface area contributed by atoms with Crippen LogP contribution in [0.1, 0.15) is 12.0 Å². The zero-order valence-corrected chi connectivity index (χ0v) is 11.6. The molecule has 0 aliphatic rings. The number of amides is 2. The number of benzene rings is 1. The second-order valence-electron chi connectivity index (χ2n) is 3.99. The molecule has 0 saturated heterocycles. The summed E-state index contributed by atoms with van der Waals surface area (Å²) in [6.45, 7) is 3.76. The maximum Gasteiger partial charge on any atom is 0.249 e. The van der Waals surface area contributed by atoms with Gasteiger partial charge in [0.25, 0.3) is 0 Å². The standard InChI is InChI=1S/C14H17N3O4/c1-3-6-15-13(19)8-14(20)17-16-9-10-4-5-11(18)12(7-10)21-2/h3-5,7,9,18H,1,6,8H2,2H3,(H,15,19)(H,17,20)/b16-9+. The highest BCUT2D eigenvalue weighted by Gasteiger charge is 2.07.